The molecule has 4 rings (SSSR count). The van der Waals surface area contributed by atoms with Crippen molar-refractivity contribution in [3.63, 3.8) is 0 Å². The fourth-order valence-corrected chi connectivity index (χ4v) is 3.62. The van der Waals surface area contributed by atoms with E-state index in [-0.39, 0.29) is 0 Å². The van der Waals surface area contributed by atoms with Crippen LogP contribution in [0.25, 0.3) is 16.6 Å². The van der Waals surface area contributed by atoms with Crippen molar-refractivity contribution in [3.8, 4) is 17.2 Å². The Balaban J connectivity index is 1.91. The van der Waals surface area contributed by atoms with Gasteiger partial charge in [-0.3, -0.25) is 4.68 Å². The molecule has 3 aromatic heterocycles. The third-order valence-electron chi connectivity index (χ3n) is 3.71. The third-order valence-corrected chi connectivity index (χ3v) is 4.75. The number of aromatic nitrogens is 4. The van der Waals surface area contributed by atoms with Crippen LogP contribution >= 0.6 is 11.8 Å². The lowest BCUT2D eigenvalue weighted by atomic mass is 10.1. The zero-order chi connectivity index (χ0) is 16.5. The molecule has 0 aliphatic rings. The molecule has 0 N–H and O–H groups in total. The fourth-order valence-electron chi connectivity index (χ4n) is 2.59. The number of nitriles is 1. The first-order valence-corrected chi connectivity index (χ1v) is 8.19. The Kier molecular flexibility index (Phi) is 3.56. The maximum atomic E-state index is 9.38. The van der Waals surface area contributed by atoms with Gasteiger partial charge in [-0.15, -0.1) is 0 Å². The standard InChI is InChI=1S/C18H13N5S/c1-22-11-15(10-20-22)13-7-17(24-16-5-3-2-4-6-16)18-14(8-19)9-21-23(18)12-13/h2-7,9-12H,1H3. The highest BCUT2D eigenvalue weighted by atomic mass is 32.2. The molecule has 5 nitrogen and oxygen atoms in total. The van der Waals surface area contributed by atoms with E-state index in [1.165, 1.54) is 0 Å². The first-order chi connectivity index (χ1) is 11.7. The van der Waals surface area contributed by atoms with E-state index in [4.69, 9.17) is 0 Å². The van der Waals surface area contributed by atoms with Crippen LogP contribution in [0.15, 0.2) is 71.0 Å². The molecule has 0 radical (unpaired) electrons. The average molecular weight is 331 g/mol. The van der Waals surface area contributed by atoms with Crippen LogP contribution in [0.1, 0.15) is 5.56 Å². The van der Waals surface area contributed by atoms with E-state index in [1.54, 1.807) is 27.2 Å². The van der Waals surface area contributed by atoms with Gasteiger partial charge in [0.05, 0.1) is 23.5 Å². The van der Waals surface area contributed by atoms with E-state index in [1.807, 2.05) is 43.8 Å². The van der Waals surface area contributed by atoms with Crippen LogP contribution in [0.2, 0.25) is 0 Å². The monoisotopic (exact) mass is 331 g/mol. The summed E-state index contributed by atoms with van der Waals surface area (Å²) >= 11 is 1.63. The molecule has 0 spiro atoms. The third kappa shape index (κ3) is 2.55. The first-order valence-electron chi connectivity index (χ1n) is 7.38. The number of pyridine rings is 1. The normalized spacial score (nSPS) is 10.8. The zero-order valence-corrected chi connectivity index (χ0v) is 13.7. The van der Waals surface area contributed by atoms with Gasteiger partial charge in [-0.1, -0.05) is 30.0 Å². The van der Waals surface area contributed by atoms with Crippen molar-refractivity contribution < 1.29 is 0 Å². The smallest absolute Gasteiger partial charge is 0.103 e. The van der Waals surface area contributed by atoms with Gasteiger partial charge in [0, 0.05) is 40.4 Å². The summed E-state index contributed by atoms with van der Waals surface area (Å²) in [5, 5.41) is 18.0. The Hall–Kier alpha value is -3.04. The largest absolute Gasteiger partial charge is 0.275 e. The molecule has 0 saturated carbocycles. The minimum absolute atomic E-state index is 0.575. The van der Waals surface area contributed by atoms with Gasteiger partial charge in [0.15, 0.2) is 0 Å². The van der Waals surface area contributed by atoms with E-state index < -0.39 is 0 Å². The van der Waals surface area contributed by atoms with E-state index in [0.29, 0.717) is 5.56 Å². The molecule has 6 heteroatoms. The maximum absolute atomic E-state index is 9.38. The summed E-state index contributed by atoms with van der Waals surface area (Å²) in [6.07, 6.45) is 7.33. The highest BCUT2D eigenvalue weighted by Crippen LogP contribution is 2.35. The highest BCUT2D eigenvalue weighted by molar-refractivity contribution is 7.99. The maximum Gasteiger partial charge on any atom is 0.103 e. The molecule has 24 heavy (non-hydrogen) atoms. The second kappa shape index (κ2) is 5.87. The van der Waals surface area contributed by atoms with Crippen LogP contribution in [0.4, 0.5) is 0 Å². The summed E-state index contributed by atoms with van der Waals surface area (Å²) in [5.41, 5.74) is 3.44. The van der Waals surface area contributed by atoms with Crippen LogP contribution in [-0.2, 0) is 7.05 Å². The average Bonchev–Trinajstić information content (AvgIpc) is 3.21. The van der Waals surface area contributed by atoms with Crippen molar-refractivity contribution >= 4 is 17.3 Å². The molecule has 0 fully saturated rings. The van der Waals surface area contributed by atoms with Gasteiger partial charge >= 0.3 is 0 Å². The number of fused-ring (bicyclic) bond motifs is 1. The lowest BCUT2D eigenvalue weighted by Crippen LogP contribution is -1.92. The van der Waals surface area contributed by atoms with Crippen molar-refractivity contribution in [2.75, 3.05) is 0 Å². The Morgan fingerprint density at radius 2 is 1.88 bits per heavy atom. The first kappa shape index (κ1) is 14.5. The van der Waals surface area contributed by atoms with Gasteiger partial charge in [-0.05, 0) is 18.2 Å². The van der Waals surface area contributed by atoms with Crippen molar-refractivity contribution in [2.45, 2.75) is 9.79 Å². The predicted molar refractivity (Wildman–Crippen MR) is 92.7 cm³/mol. The minimum Gasteiger partial charge on any atom is -0.275 e. The van der Waals surface area contributed by atoms with Gasteiger partial charge in [-0.25, -0.2) is 4.52 Å². The molecule has 0 bridgehead atoms. The Morgan fingerprint density at radius 3 is 2.58 bits per heavy atom. The molecule has 0 saturated heterocycles. The lowest BCUT2D eigenvalue weighted by molar-refractivity contribution is 0.768. The van der Waals surface area contributed by atoms with Crippen molar-refractivity contribution in [2.24, 2.45) is 7.05 Å². The highest BCUT2D eigenvalue weighted by Gasteiger charge is 2.13. The summed E-state index contributed by atoms with van der Waals surface area (Å²) in [6.45, 7) is 0. The lowest BCUT2D eigenvalue weighted by Gasteiger charge is -2.08. The van der Waals surface area contributed by atoms with Crippen LogP contribution in [0, 0.1) is 11.3 Å². The molecule has 0 amide bonds. The number of benzene rings is 1. The molecule has 0 aliphatic carbocycles. The summed E-state index contributed by atoms with van der Waals surface area (Å²) in [7, 11) is 1.89. The second-order valence-electron chi connectivity index (χ2n) is 5.37. The molecule has 0 aliphatic heterocycles. The van der Waals surface area contributed by atoms with Crippen molar-refractivity contribution in [1.82, 2.24) is 19.4 Å². The number of hydrogen-bond acceptors (Lipinski definition) is 4. The summed E-state index contributed by atoms with van der Waals surface area (Å²) < 4.78 is 3.54. The van der Waals surface area contributed by atoms with Crippen LogP contribution in [-0.4, -0.2) is 19.4 Å². The summed E-state index contributed by atoms with van der Waals surface area (Å²) in [4.78, 5) is 2.12. The molecule has 0 unspecified atom stereocenters. The van der Waals surface area contributed by atoms with Crippen LogP contribution in [0.3, 0.4) is 0 Å². The Bertz CT molecular complexity index is 1060. The van der Waals surface area contributed by atoms with Crippen molar-refractivity contribution in [3.05, 3.63) is 66.7 Å². The topological polar surface area (TPSA) is 58.9 Å². The Morgan fingerprint density at radius 1 is 1.04 bits per heavy atom. The summed E-state index contributed by atoms with van der Waals surface area (Å²) in [5.74, 6) is 0. The minimum atomic E-state index is 0.575. The molecule has 3 heterocycles. The number of aryl methyl sites for hydroxylation is 1. The molecule has 1 aromatic carbocycles. The molecule has 116 valence electrons. The van der Waals surface area contributed by atoms with Gasteiger partial charge in [-0.2, -0.15) is 15.5 Å². The molecular formula is C18H13N5S. The molecule has 4 aromatic rings. The molecule has 0 atom stereocenters. The van der Waals surface area contributed by atoms with Crippen LogP contribution in [0.5, 0.6) is 0 Å². The van der Waals surface area contributed by atoms with E-state index >= 15 is 0 Å². The van der Waals surface area contributed by atoms with Gasteiger partial charge in [0.1, 0.15) is 6.07 Å². The van der Waals surface area contributed by atoms with Crippen LogP contribution < -0.4 is 0 Å². The van der Waals surface area contributed by atoms with Gasteiger partial charge < -0.3 is 0 Å². The zero-order valence-electron chi connectivity index (χ0n) is 12.9. The SMILES string of the molecule is Cn1cc(-c2cc(Sc3ccccc3)c3c(C#N)cnn3c2)cn1. The number of rotatable bonds is 3. The predicted octanol–water partition coefficient (Wildman–Crippen LogP) is 3.76. The van der Waals surface area contributed by atoms with E-state index in [9.17, 15) is 5.26 Å². The van der Waals surface area contributed by atoms with E-state index in [0.717, 1.165) is 26.4 Å². The second-order valence-corrected chi connectivity index (χ2v) is 6.49. The number of hydrogen-bond donors (Lipinski definition) is 0. The Labute approximate surface area is 143 Å². The molecular weight excluding hydrogens is 318 g/mol. The van der Waals surface area contributed by atoms with Crippen molar-refractivity contribution in [1.29, 1.82) is 5.26 Å². The number of nitrogens with zero attached hydrogens (tertiary/aromatic N) is 5. The quantitative estimate of drug-likeness (QED) is 0.573. The van der Waals surface area contributed by atoms with E-state index in [2.05, 4.69) is 34.5 Å². The summed E-state index contributed by atoms with van der Waals surface area (Å²) in [6, 6.07) is 14.4. The van der Waals surface area contributed by atoms with Gasteiger partial charge in [0.2, 0.25) is 0 Å². The van der Waals surface area contributed by atoms with Gasteiger partial charge in [0.25, 0.3) is 0 Å². The fraction of sp³-hybridized carbons (Fsp3) is 0.0556.